The zero-order valence-corrected chi connectivity index (χ0v) is 10.0. The monoisotopic (exact) mass is 245 g/mol. The Labute approximate surface area is 101 Å². The third kappa shape index (κ3) is 2.96. The van der Waals surface area contributed by atoms with E-state index in [0.717, 1.165) is 32.6 Å². The van der Waals surface area contributed by atoms with Gasteiger partial charge in [0.2, 0.25) is 5.67 Å². The molecular weight excluding hydrogens is 225 g/mol. The van der Waals surface area contributed by atoms with E-state index in [1.54, 1.807) is 0 Å². The predicted molar refractivity (Wildman–Crippen MR) is 60.7 cm³/mol. The van der Waals surface area contributed by atoms with Gasteiger partial charge in [0.1, 0.15) is 0 Å². The topological polar surface area (TPSA) is 49.8 Å². The third-order valence-electron chi connectivity index (χ3n) is 3.90. The van der Waals surface area contributed by atoms with Crippen LogP contribution in [0.4, 0.5) is 4.39 Å². The Morgan fingerprint density at radius 2 is 2.00 bits per heavy atom. The number of carbonyl (C=O) groups is 1. The fourth-order valence-electron chi connectivity index (χ4n) is 2.75. The zero-order chi connectivity index (χ0) is 12.3. The fourth-order valence-corrected chi connectivity index (χ4v) is 2.75. The second-order valence-electron chi connectivity index (χ2n) is 5.00. The number of ether oxygens (including phenoxy) is 1. The highest BCUT2D eigenvalue weighted by Gasteiger charge is 2.40. The van der Waals surface area contributed by atoms with E-state index in [2.05, 4.69) is 4.90 Å². The Morgan fingerprint density at radius 3 is 2.65 bits per heavy atom. The van der Waals surface area contributed by atoms with Crippen LogP contribution < -0.4 is 0 Å². The standard InChI is InChI=1S/C12H20FNO3/c13-12(11(15)16)4-1-6-14(7-5-12)10-2-8-17-9-3-10/h10H,1-9H2,(H,15,16). The summed E-state index contributed by atoms with van der Waals surface area (Å²) in [7, 11) is 0. The molecule has 2 saturated heterocycles. The maximum absolute atomic E-state index is 14.0. The minimum Gasteiger partial charge on any atom is -0.479 e. The summed E-state index contributed by atoms with van der Waals surface area (Å²) in [6, 6.07) is 0.444. The van der Waals surface area contributed by atoms with E-state index >= 15 is 0 Å². The second-order valence-corrected chi connectivity index (χ2v) is 5.00. The Hall–Kier alpha value is -0.680. The molecule has 0 amide bonds. The molecule has 2 heterocycles. The molecule has 0 bridgehead atoms. The lowest BCUT2D eigenvalue weighted by Gasteiger charge is -2.33. The van der Waals surface area contributed by atoms with Crippen molar-refractivity contribution in [3.05, 3.63) is 0 Å². The molecule has 4 nitrogen and oxygen atoms in total. The molecule has 0 aromatic heterocycles. The van der Waals surface area contributed by atoms with Crippen molar-refractivity contribution in [1.82, 2.24) is 4.90 Å². The first-order valence-electron chi connectivity index (χ1n) is 6.36. The van der Waals surface area contributed by atoms with Crippen LogP contribution >= 0.6 is 0 Å². The van der Waals surface area contributed by atoms with E-state index in [9.17, 15) is 9.18 Å². The molecule has 1 unspecified atom stereocenters. The Kier molecular flexibility index (Phi) is 3.99. The Morgan fingerprint density at radius 1 is 1.29 bits per heavy atom. The van der Waals surface area contributed by atoms with Crippen molar-refractivity contribution >= 4 is 5.97 Å². The molecule has 0 aromatic carbocycles. The van der Waals surface area contributed by atoms with Crippen LogP contribution in [0.2, 0.25) is 0 Å². The van der Waals surface area contributed by atoms with Gasteiger partial charge in [-0.2, -0.15) is 0 Å². The van der Waals surface area contributed by atoms with E-state index in [1.165, 1.54) is 0 Å². The van der Waals surface area contributed by atoms with Crippen LogP contribution in [-0.4, -0.2) is 54.0 Å². The largest absolute Gasteiger partial charge is 0.479 e. The smallest absolute Gasteiger partial charge is 0.341 e. The fraction of sp³-hybridized carbons (Fsp3) is 0.917. The van der Waals surface area contributed by atoms with Crippen molar-refractivity contribution < 1.29 is 19.0 Å². The van der Waals surface area contributed by atoms with Crippen molar-refractivity contribution in [2.24, 2.45) is 0 Å². The van der Waals surface area contributed by atoms with Gasteiger partial charge in [0.15, 0.2) is 0 Å². The number of carboxylic acid groups (broad SMARTS) is 1. The molecular formula is C12H20FNO3. The van der Waals surface area contributed by atoms with Gasteiger partial charge in [0, 0.05) is 32.2 Å². The van der Waals surface area contributed by atoms with Crippen molar-refractivity contribution in [2.75, 3.05) is 26.3 Å². The molecule has 2 fully saturated rings. The Bertz CT molecular complexity index is 281. The number of aliphatic carboxylic acids is 1. The van der Waals surface area contributed by atoms with Gasteiger partial charge >= 0.3 is 5.97 Å². The van der Waals surface area contributed by atoms with E-state index in [4.69, 9.17) is 9.84 Å². The van der Waals surface area contributed by atoms with Crippen molar-refractivity contribution in [2.45, 2.75) is 43.8 Å². The third-order valence-corrected chi connectivity index (χ3v) is 3.90. The highest BCUT2D eigenvalue weighted by molar-refractivity contribution is 5.77. The molecule has 0 saturated carbocycles. The molecule has 1 N–H and O–H groups in total. The highest BCUT2D eigenvalue weighted by atomic mass is 19.1. The molecule has 2 rings (SSSR count). The van der Waals surface area contributed by atoms with Crippen molar-refractivity contribution in [3.63, 3.8) is 0 Å². The molecule has 5 heteroatoms. The van der Waals surface area contributed by atoms with Crippen LogP contribution in [0.25, 0.3) is 0 Å². The average Bonchev–Trinajstić information content (AvgIpc) is 2.54. The van der Waals surface area contributed by atoms with Gasteiger partial charge in [-0.05, 0) is 32.2 Å². The van der Waals surface area contributed by atoms with Gasteiger partial charge in [0.05, 0.1) is 0 Å². The van der Waals surface area contributed by atoms with Gasteiger partial charge in [-0.1, -0.05) is 0 Å². The van der Waals surface area contributed by atoms with Crippen molar-refractivity contribution in [1.29, 1.82) is 0 Å². The van der Waals surface area contributed by atoms with E-state index < -0.39 is 11.6 Å². The number of hydrogen-bond donors (Lipinski definition) is 1. The number of rotatable bonds is 2. The lowest BCUT2D eigenvalue weighted by Crippen LogP contribution is -2.41. The molecule has 0 spiro atoms. The first kappa shape index (κ1) is 12.8. The second kappa shape index (κ2) is 5.31. The molecule has 0 radical (unpaired) electrons. The minimum atomic E-state index is -2.01. The SMILES string of the molecule is O=C(O)C1(F)CCCN(C2CCOCC2)CC1. The summed E-state index contributed by atoms with van der Waals surface area (Å²) >= 11 is 0. The molecule has 0 aromatic rings. The summed E-state index contributed by atoms with van der Waals surface area (Å²) in [5.41, 5.74) is -2.01. The van der Waals surface area contributed by atoms with Gasteiger partial charge < -0.3 is 14.7 Å². The van der Waals surface area contributed by atoms with E-state index in [1.807, 2.05) is 0 Å². The number of likely N-dealkylation sites (tertiary alicyclic amines) is 1. The lowest BCUT2D eigenvalue weighted by atomic mass is 9.97. The highest BCUT2D eigenvalue weighted by Crippen LogP contribution is 2.29. The first-order chi connectivity index (χ1) is 8.12. The first-order valence-corrected chi connectivity index (χ1v) is 6.36. The maximum atomic E-state index is 14.0. The summed E-state index contributed by atoms with van der Waals surface area (Å²) in [5.74, 6) is -1.30. The van der Waals surface area contributed by atoms with Gasteiger partial charge in [-0.25, -0.2) is 9.18 Å². The quantitative estimate of drug-likeness (QED) is 0.800. The Balaban J connectivity index is 1.93. The number of hydrogen-bond acceptors (Lipinski definition) is 3. The van der Waals surface area contributed by atoms with E-state index in [-0.39, 0.29) is 12.8 Å². The average molecular weight is 245 g/mol. The molecule has 17 heavy (non-hydrogen) atoms. The number of halogens is 1. The molecule has 0 aliphatic carbocycles. The number of nitrogens with zero attached hydrogens (tertiary/aromatic N) is 1. The molecule has 1 atom stereocenters. The summed E-state index contributed by atoms with van der Waals surface area (Å²) in [5, 5.41) is 8.91. The number of carboxylic acids is 1. The predicted octanol–water partition coefficient (Wildman–Crippen LogP) is 1.44. The van der Waals surface area contributed by atoms with Crippen LogP contribution in [0, 0.1) is 0 Å². The normalized spacial score (nSPS) is 33.2. The molecule has 98 valence electrons. The van der Waals surface area contributed by atoms with Crippen LogP contribution in [0.3, 0.4) is 0 Å². The molecule has 2 aliphatic rings. The van der Waals surface area contributed by atoms with Crippen LogP contribution in [0.1, 0.15) is 32.1 Å². The van der Waals surface area contributed by atoms with Crippen molar-refractivity contribution in [3.8, 4) is 0 Å². The summed E-state index contributed by atoms with van der Waals surface area (Å²) in [4.78, 5) is 13.1. The summed E-state index contributed by atoms with van der Waals surface area (Å²) in [6.45, 7) is 2.89. The van der Waals surface area contributed by atoms with Gasteiger partial charge in [-0.3, -0.25) is 0 Å². The van der Waals surface area contributed by atoms with Crippen LogP contribution in [0.15, 0.2) is 0 Å². The maximum Gasteiger partial charge on any atom is 0.341 e. The molecule has 2 aliphatic heterocycles. The van der Waals surface area contributed by atoms with Gasteiger partial charge in [0.25, 0.3) is 0 Å². The van der Waals surface area contributed by atoms with Gasteiger partial charge in [-0.15, -0.1) is 0 Å². The zero-order valence-electron chi connectivity index (χ0n) is 10.0. The van der Waals surface area contributed by atoms with Crippen LogP contribution in [0.5, 0.6) is 0 Å². The summed E-state index contributed by atoms with van der Waals surface area (Å²) in [6.07, 6.45) is 2.83. The van der Waals surface area contributed by atoms with Crippen LogP contribution in [-0.2, 0) is 9.53 Å². The number of alkyl halides is 1. The minimum absolute atomic E-state index is 0.111. The lowest BCUT2D eigenvalue weighted by molar-refractivity contribution is -0.151. The van der Waals surface area contributed by atoms with E-state index in [0.29, 0.717) is 19.0 Å². The summed E-state index contributed by atoms with van der Waals surface area (Å²) < 4.78 is 19.4.